The standard InChI is InChI=1S/C16H22F2N2O2/c1-10(12-6-2-3-8-14(12)22-16(17)18)20-15(21)9-11-5-4-7-13(11)19/h2-3,6,8,10-11,13,16H,4-5,7,9,19H2,1H3,(H,20,21)/t10?,11-,13+/m0/s1. The first-order valence-electron chi connectivity index (χ1n) is 7.56. The van der Waals surface area contributed by atoms with Gasteiger partial charge >= 0.3 is 6.61 Å². The minimum atomic E-state index is -2.89. The number of ether oxygens (including phenoxy) is 1. The van der Waals surface area contributed by atoms with Crippen LogP contribution in [0, 0.1) is 5.92 Å². The molecule has 4 nitrogen and oxygen atoms in total. The summed E-state index contributed by atoms with van der Waals surface area (Å²) < 4.78 is 29.3. The number of halogens is 2. The lowest BCUT2D eigenvalue weighted by Gasteiger charge is -2.20. The molecule has 0 aromatic heterocycles. The molecular weight excluding hydrogens is 290 g/mol. The number of amides is 1. The molecule has 1 aromatic carbocycles. The summed E-state index contributed by atoms with van der Waals surface area (Å²) in [6.07, 6.45) is 3.36. The van der Waals surface area contributed by atoms with Crippen LogP contribution in [-0.4, -0.2) is 18.6 Å². The summed E-state index contributed by atoms with van der Waals surface area (Å²) in [5.74, 6) is 0.185. The zero-order valence-corrected chi connectivity index (χ0v) is 12.6. The molecular formula is C16H22F2N2O2. The van der Waals surface area contributed by atoms with Gasteiger partial charge in [-0.1, -0.05) is 24.6 Å². The van der Waals surface area contributed by atoms with Crippen LogP contribution in [0.3, 0.4) is 0 Å². The summed E-state index contributed by atoms with van der Waals surface area (Å²) in [6, 6.07) is 6.16. The molecule has 3 atom stereocenters. The highest BCUT2D eigenvalue weighted by Crippen LogP contribution is 2.29. The van der Waals surface area contributed by atoms with Crippen LogP contribution < -0.4 is 15.8 Å². The van der Waals surface area contributed by atoms with E-state index in [-0.39, 0.29) is 23.6 Å². The molecule has 1 aliphatic carbocycles. The second kappa shape index (κ2) is 7.54. The van der Waals surface area contributed by atoms with E-state index in [9.17, 15) is 13.6 Å². The van der Waals surface area contributed by atoms with Crippen molar-refractivity contribution in [2.75, 3.05) is 0 Å². The van der Waals surface area contributed by atoms with Crippen molar-refractivity contribution in [2.24, 2.45) is 11.7 Å². The smallest absolute Gasteiger partial charge is 0.387 e. The molecule has 1 amide bonds. The molecule has 0 bridgehead atoms. The van der Waals surface area contributed by atoms with Gasteiger partial charge in [0.15, 0.2) is 0 Å². The van der Waals surface area contributed by atoms with Crippen molar-refractivity contribution in [3.63, 3.8) is 0 Å². The number of alkyl halides is 2. The summed E-state index contributed by atoms with van der Waals surface area (Å²) in [4.78, 5) is 12.1. The predicted octanol–water partition coefficient (Wildman–Crippen LogP) is 2.98. The molecule has 0 radical (unpaired) electrons. The quantitative estimate of drug-likeness (QED) is 0.849. The fraction of sp³-hybridized carbons (Fsp3) is 0.562. The zero-order valence-electron chi connectivity index (χ0n) is 12.6. The third kappa shape index (κ3) is 4.40. The first-order valence-corrected chi connectivity index (χ1v) is 7.56. The van der Waals surface area contributed by atoms with Crippen LogP contribution in [0.15, 0.2) is 24.3 Å². The van der Waals surface area contributed by atoms with Gasteiger partial charge in [-0.2, -0.15) is 8.78 Å². The van der Waals surface area contributed by atoms with E-state index in [1.807, 2.05) is 0 Å². The Kier molecular flexibility index (Phi) is 5.71. The molecule has 0 saturated heterocycles. The van der Waals surface area contributed by atoms with E-state index in [4.69, 9.17) is 5.73 Å². The van der Waals surface area contributed by atoms with Crippen LogP contribution in [0.1, 0.15) is 44.2 Å². The molecule has 0 heterocycles. The zero-order chi connectivity index (χ0) is 16.1. The fourth-order valence-corrected chi connectivity index (χ4v) is 2.98. The molecule has 0 aliphatic heterocycles. The molecule has 0 spiro atoms. The topological polar surface area (TPSA) is 64.4 Å². The van der Waals surface area contributed by atoms with E-state index in [1.165, 1.54) is 6.07 Å². The number of carbonyl (C=O) groups is 1. The lowest BCUT2D eigenvalue weighted by atomic mass is 9.99. The van der Waals surface area contributed by atoms with Crippen molar-refractivity contribution < 1.29 is 18.3 Å². The van der Waals surface area contributed by atoms with Gasteiger partial charge in [-0.3, -0.25) is 4.79 Å². The molecule has 22 heavy (non-hydrogen) atoms. The summed E-state index contributed by atoms with van der Waals surface area (Å²) >= 11 is 0. The number of hydrogen-bond donors (Lipinski definition) is 2. The average Bonchev–Trinajstić information content (AvgIpc) is 2.84. The Morgan fingerprint density at radius 2 is 2.14 bits per heavy atom. The largest absolute Gasteiger partial charge is 0.434 e. The van der Waals surface area contributed by atoms with Gasteiger partial charge in [0.25, 0.3) is 0 Å². The van der Waals surface area contributed by atoms with Gasteiger partial charge in [-0.25, -0.2) is 0 Å². The van der Waals surface area contributed by atoms with Crippen LogP contribution in [-0.2, 0) is 4.79 Å². The lowest BCUT2D eigenvalue weighted by Crippen LogP contribution is -2.33. The van der Waals surface area contributed by atoms with Crippen molar-refractivity contribution in [3.05, 3.63) is 29.8 Å². The van der Waals surface area contributed by atoms with Gasteiger partial charge in [0.1, 0.15) is 5.75 Å². The Hall–Kier alpha value is -1.69. The van der Waals surface area contributed by atoms with E-state index in [1.54, 1.807) is 25.1 Å². The maximum atomic E-state index is 12.4. The van der Waals surface area contributed by atoms with Crippen LogP contribution in [0.25, 0.3) is 0 Å². The third-order valence-corrected chi connectivity index (χ3v) is 4.14. The average molecular weight is 312 g/mol. The second-order valence-electron chi connectivity index (χ2n) is 5.76. The van der Waals surface area contributed by atoms with Crippen molar-refractivity contribution in [2.45, 2.75) is 51.3 Å². The number of benzene rings is 1. The van der Waals surface area contributed by atoms with Crippen molar-refractivity contribution in [1.82, 2.24) is 5.32 Å². The van der Waals surface area contributed by atoms with Crippen molar-refractivity contribution in [1.29, 1.82) is 0 Å². The Morgan fingerprint density at radius 3 is 2.77 bits per heavy atom. The van der Waals surface area contributed by atoms with Gasteiger partial charge in [0.05, 0.1) is 6.04 Å². The van der Waals surface area contributed by atoms with Crippen molar-refractivity contribution in [3.8, 4) is 5.75 Å². The van der Waals surface area contributed by atoms with E-state index in [2.05, 4.69) is 10.1 Å². The van der Waals surface area contributed by atoms with Gasteiger partial charge in [-0.15, -0.1) is 0 Å². The number of hydrogen-bond acceptors (Lipinski definition) is 3. The maximum absolute atomic E-state index is 12.4. The minimum absolute atomic E-state index is 0.0792. The molecule has 1 aliphatic rings. The number of para-hydroxylation sites is 1. The third-order valence-electron chi connectivity index (χ3n) is 4.14. The Balaban J connectivity index is 1.96. The molecule has 1 unspecified atom stereocenters. The molecule has 1 aromatic rings. The van der Waals surface area contributed by atoms with Gasteiger partial charge < -0.3 is 15.8 Å². The number of rotatable bonds is 6. The highest BCUT2D eigenvalue weighted by molar-refractivity contribution is 5.77. The number of nitrogens with two attached hydrogens (primary N) is 1. The van der Waals surface area contributed by atoms with Crippen molar-refractivity contribution >= 4 is 5.91 Å². The molecule has 2 rings (SSSR count). The molecule has 1 fully saturated rings. The normalized spacial score (nSPS) is 22.6. The molecule has 122 valence electrons. The highest BCUT2D eigenvalue weighted by Gasteiger charge is 2.26. The summed E-state index contributed by atoms with van der Waals surface area (Å²) in [7, 11) is 0. The maximum Gasteiger partial charge on any atom is 0.387 e. The Bertz CT molecular complexity index is 511. The SMILES string of the molecule is CC(NC(=O)C[C@@H]1CCC[C@H]1N)c1ccccc1OC(F)F. The van der Waals surface area contributed by atoms with Gasteiger partial charge in [0.2, 0.25) is 5.91 Å². The van der Waals surface area contributed by atoms with Crippen LogP contribution in [0.2, 0.25) is 0 Å². The Labute approximate surface area is 129 Å². The van der Waals surface area contributed by atoms with E-state index < -0.39 is 12.7 Å². The van der Waals surface area contributed by atoms with Gasteiger partial charge in [-0.05, 0) is 31.7 Å². The number of carbonyl (C=O) groups excluding carboxylic acids is 1. The number of nitrogens with one attached hydrogen (secondary N) is 1. The summed E-state index contributed by atoms with van der Waals surface area (Å²) in [5.41, 5.74) is 6.50. The molecule has 3 N–H and O–H groups in total. The van der Waals surface area contributed by atoms with Gasteiger partial charge in [0, 0.05) is 18.0 Å². The second-order valence-corrected chi connectivity index (χ2v) is 5.76. The minimum Gasteiger partial charge on any atom is -0.434 e. The van der Waals surface area contributed by atoms with Crippen LogP contribution in [0.5, 0.6) is 5.75 Å². The molecule has 1 saturated carbocycles. The molecule has 6 heteroatoms. The van der Waals surface area contributed by atoms with E-state index in [0.29, 0.717) is 12.0 Å². The lowest BCUT2D eigenvalue weighted by molar-refractivity contribution is -0.122. The summed E-state index contributed by atoms with van der Waals surface area (Å²) in [6.45, 7) is -1.14. The van der Waals surface area contributed by atoms with E-state index >= 15 is 0 Å². The fourth-order valence-electron chi connectivity index (χ4n) is 2.98. The first-order chi connectivity index (χ1) is 10.5. The highest BCUT2D eigenvalue weighted by atomic mass is 19.3. The van der Waals surface area contributed by atoms with E-state index in [0.717, 1.165) is 19.3 Å². The van der Waals surface area contributed by atoms with Crippen LogP contribution >= 0.6 is 0 Å². The van der Waals surface area contributed by atoms with Crippen LogP contribution in [0.4, 0.5) is 8.78 Å². The predicted molar refractivity (Wildman–Crippen MR) is 79.6 cm³/mol. The summed E-state index contributed by atoms with van der Waals surface area (Å²) in [5, 5.41) is 2.84. The Morgan fingerprint density at radius 1 is 1.41 bits per heavy atom. The first kappa shape index (κ1) is 16.7. The monoisotopic (exact) mass is 312 g/mol.